The number of ether oxygens (including phenoxy) is 3. The van der Waals surface area contributed by atoms with Gasteiger partial charge in [-0.15, -0.1) is 0 Å². The van der Waals surface area contributed by atoms with Gasteiger partial charge in [0.25, 0.3) is 0 Å². The maximum absolute atomic E-state index is 6.38. The molecule has 8 nitrogen and oxygen atoms in total. The molecule has 4 N–H and O–H groups in total. The Morgan fingerprint density at radius 3 is 1.30 bits per heavy atom. The van der Waals surface area contributed by atoms with E-state index in [1.807, 2.05) is 77.7 Å². The summed E-state index contributed by atoms with van der Waals surface area (Å²) in [5.41, 5.74) is 15.8. The molecular formula is C25H25N5O3. The zero-order chi connectivity index (χ0) is 23.4. The Morgan fingerprint density at radius 2 is 0.939 bits per heavy atom. The van der Waals surface area contributed by atoms with Crippen LogP contribution in [0, 0.1) is 0 Å². The van der Waals surface area contributed by atoms with Crippen LogP contribution in [0.4, 0.5) is 29.0 Å². The average molecular weight is 444 g/mol. The van der Waals surface area contributed by atoms with Crippen LogP contribution >= 0.6 is 0 Å². The smallest absolute Gasteiger partial charge is 0.238 e. The van der Waals surface area contributed by atoms with E-state index in [4.69, 9.17) is 25.7 Å². The Morgan fingerprint density at radius 1 is 0.576 bits per heavy atom. The number of aromatic nitrogens is 2. The van der Waals surface area contributed by atoms with Gasteiger partial charge in [-0.1, -0.05) is 12.1 Å². The highest BCUT2D eigenvalue weighted by Gasteiger charge is 2.20. The number of nitrogens with zero attached hydrogens (tertiary/aromatic N) is 3. The molecule has 1 heterocycles. The molecule has 4 aromatic rings. The van der Waals surface area contributed by atoms with Crippen molar-refractivity contribution >= 4 is 29.0 Å². The van der Waals surface area contributed by atoms with Crippen molar-refractivity contribution < 1.29 is 14.2 Å². The van der Waals surface area contributed by atoms with Crippen molar-refractivity contribution in [2.24, 2.45) is 0 Å². The fraction of sp³-hybridized carbons (Fsp3) is 0.120. The third-order valence-electron chi connectivity index (χ3n) is 5.19. The predicted octanol–water partition coefficient (Wildman–Crippen LogP) is 4.80. The maximum atomic E-state index is 6.38. The molecule has 4 rings (SSSR count). The monoisotopic (exact) mass is 443 g/mol. The average Bonchev–Trinajstić information content (AvgIpc) is 2.85. The highest BCUT2D eigenvalue weighted by Crippen LogP contribution is 2.38. The Hall–Kier alpha value is -4.46. The van der Waals surface area contributed by atoms with Crippen LogP contribution in [-0.2, 0) is 0 Å². The van der Waals surface area contributed by atoms with E-state index < -0.39 is 0 Å². The molecule has 1 aromatic heterocycles. The van der Waals surface area contributed by atoms with E-state index in [0.717, 1.165) is 34.2 Å². The van der Waals surface area contributed by atoms with E-state index in [1.165, 1.54) is 0 Å². The van der Waals surface area contributed by atoms with Crippen molar-refractivity contribution in [1.29, 1.82) is 0 Å². The van der Waals surface area contributed by atoms with Gasteiger partial charge in [0.05, 0.1) is 26.9 Å². The highest BCUT2D eigenvalue weighted by atomic mass is 16.5. The summed E-state index contributed by atoms with van der Waals surface area (Å²) in [6.45, 7) is 0. The fourth-order valence-corrected chi connectivity index (χ4v) is 3.48. The Balaban J connectivity index is 1.81. The lowest BCUT2D eigenvalue weighted by atomic mass is 10.1. The molecule has 0 radical (unpaired) electrons. The second kappa shape index (κ2) is 9.35. The second-order valence-electron chi connectivity index (χ2n) is 7.13. The van der Waals surface area contributed by atoms with Gasteiger partial charge in [0.1, 0.15) is 28.9 Å². The summed E-state index contributed by atoms with van der Waals surface area (Å²) < 4.78 is 15.8. The molecular weight excluding hydrogens is 418 g/mol. The van der Waals surface area contributed by atoms with E-state index in [-0.39, 0.29) is 11.6 Å². The predicted molar refractivity (Wildman–Crippen MR) is 131 cm³/mol. The quantitative estimate of drug-likeness (QED) is 0.419. The van der Waals surface area contributed by atoms with Crippen molar-refractivity contribution in [1.82, 2.24) is 9.97 Å². The number of nitrogen functional groups attached to an aromatic ring is 2. The van der Waals surface area contributed by atoms with Crippen molar-refractivity contribution in [3.05, 3.63) is 72.8 Å². The molecule has 0 fully saturated rings. The summed E-state index contributed by atoms with van der Waals surface area (Å²) in [7, 11) is 4.86. The van der Waals surface area contributed by atoms with E-state index in [1.54, 1.807) is 21.3 Å². The van der Waals surface area contributed by atoms with E-state index in [2.05, 4.69) is 9.97 Å². The van der Waals surface area contributed by atoms with Crippen LogP contribution in [0.15, 0.2) is 72.8 Å². The van der Waals surface area contributed by atoms with Gasteiger partial charge < -0.3 is 25.7 Å². The molecule has 8 heteroatoms. The summed E-state index contributed by atoms with van der Waals surface area (Å²) in [5, 5.41) is 0. The molecule has 0 aliphatic carbocycles. The molecule has 0 unspecified atom stereocenters. The Bertz CT molecular complexity index is 1160. The van der Waals surface area contributed by atoms with Crippen LogP contribution in [0.5, 0.6) is 17.2 Å². The molecule has 0 spiro atoms. The molecule has 0 aliphatic rings. The summed E-state index contributed by atoms with van der Waals surface area (Å²) >= 11 is 0. The zero-order valence-electron chi connectivity index (χ0n) is 18.6. The first-order valence-corrected chi connectivity index (χ1v) is 10.2. The van der Waals surface area contributed by atoms with Gasteiger partial charge in [0, 0.05) is 11.4 Å². The van der Waals surface area contributed by atoms with Gasteiger partial charge in [0.15, 0.2) is 0 Å². The third kappa shape index (κ3) is 4.45. The normalized spacial score (nSPS) is 10.5. The van der Waals surface area contributed by atoms with Crippen molar-refractivity contribution in [2.75, 3.05) is 37.7 Å². The van der Waals surface area contributed by atoms with Gasteiger partial charge in [0.2, 0.25) is 5.95 Å². The van der Waals surface area contributed by atoms with Crippen LogP contribution in [-0.4, -0.2) is 31.3 Å². The number of hydrogen-bond acceptors (Lipinski definition) is 8. The fourth-order valence-electron chi connectivity index (χ4n) is 3.48. The molecule has 0 aliphatic heterocycles. The molecule has 0 amide bonds. The largest absolute Gasteiger partial charge is 0.497 e. The van der Waals surface area contributed by atoms with Gasteiger partial charge in [-0.3, -0.25) is 4.90 Å². The van der Waals surface area contributed by atoms with Crippen molar-refractivity contribution in [2.45, 2.75) is 0 Å². The maximum Gasteiger partial charge on any atom is 0.238 e. The van der Waals surface area contributed by atoms with Crippen LogP contribution in [0.1, 0.15) is 0 Å². The van der Waals surface area contributed by atoms with Gasteiger partial charge in [-0.2, -0.15) is 9.97 Å². The van der Waals surface area contributed by atoms with E-state index in [0.29, 0.717) is 11.5 Å². The van der Waals surface area contributed by atoms with Crippen LogP contribution in [0.3, 0.4) is 0 Å². The lowest BCUT2D eigenvalue weighted by Gasteiger charge is -2.24. The Kier molecular flexibility index (Phi) is 6.17. The van der Waals surface area contributed by atoms with Crippen LogP contribution in [0.25, 0.3) is 11.1 Å². The molecule has 0 atom stereocenters. The number of nitrogens with two attached hydrogens (primary N) is 2. The summed E-state index contributed by atoms with van der Waals surface area (Å²) in [5.74, 6) is 3.10. The molecule has 33 heavy (non-hydrogen) atoms. The van der Waals surface area contributed by atoms with Crippen molar-refractivity contribution in [3.8, 4) is 28.4 Å². The molecule has 3 aromatic carbocycles. The molecule has 0 bridgehead atoms. The third-order valence-corrected chi connectivity index (χ3v) is 5.19. The molecule has 0 saturated heterocycles. The van der Waals surface area contributed by atoms with E-state index >= 15 is 0 Å². The summed E-state index contributed by atoms with van der Waals surface area (Å²) in [6, 6.07) is 22.5. The minimum absolute atomic E-state index is 0.273. The molecule has 168 valence electrons. The number of benzene rings is 3. The minimum atomic E-state index is 0.273. The van der Waals surface area contributed by atoms with Crippen molar-refractivity contribution in [3.63, 3.8) is 0 Å². The first-order valence-electron chi connectivity index (χ1n) is 10.2. The van der Waals surface area contributed by atoms with Crippen LogP contribution < -0.4 is 30.6 Å². The lowest BCUT2D eigenvalue weighted by molar-refractivity contribution is 0.414. The SMILES string of the molecule is COc1ccc(-c2c(N)nc(N(c3ccc(OC)cc3)c3ccc(OC)cc3)nc2N)cc1. The van der Waals surface area contributed by atoms with E-state index in [9.17, 15) is 0 Å². The van der Waals surface area contributed by atoms with Gasteiger partial charge >= 0.3 is 0 Å². The molecule has 0 saturated carbocycles. The van der Waals surface area contributed by atoms with Crippen LogP contribution in [0.2, 0.25) is 0 Å². The second-order valence-corrected chi connectivity index (χ2v) is 7.13. The summed E-state index contributed by atoms with van der Waals surface area (Å²) in [4.78, 5) is 11.1. The lowest BCUT2D eigenvalue weighted by Crippen LogP contribution is -2.16. The zero-order valence-corrected chi connectivity index (χ0v) is 18.6. The standard InChI is InChI=1S/C25H25N5O3/c1-31-19-10-4-16(5-11-19)22-23(26)28-25(29-24(22)27)30(17-6-12-20(32-2)13-7-17)18-8-14-21(33-3)15-9-18/h4-15H,1-3H3,(H4,26,27,28,29). The minimum Gasteiger partial charge on any atom is -0.497 e. The number of methoxy groups -OCH3 is 3. The Labute approximate surface area is 192 Å². The first kappa shape index (κ1) is 21.8. The van der Waals surface area contributed by atoms with Gasteiger partial charge in [-0.25, -0.2) is 0 Å². The summed E-state index contributed by atoms with van der Waals surface area (Å²) in [6.07, 6.45) is 0. The number of rotatable bonds is 7. The topological polar surface area (TPSA) is 109 Å². The number of hydrogen-bond donors (Lipinski definition) is 2. The van der Waals surface area contributed by atoms with Gasteiger partial charge in [-0.05, 0) is 66.2 Å². The number of anilines is 5. The first-order chi connectivity index (χ1) is 16.0. The highest BCUT2D eigenvalue weighted by molar-refractivity contribution is 5.85.